The van der Waals surface area contributed by atoms with Gasteiger partial charge in [0.15, 0.2) is 11.5 Å². The highest BCUT2D eigenvalue weighted by Gasteiger charge is 2.27. The van der Waals surface area contributed by atoms with Crippen LogP contribution in [0.25, 0.3) is 0 Å². The van der Waals surface area contributed by atoms with Crippen LogP contribution in [-0.2, 0) is 11.3 Å². The van der Waals surface area contributed by atoms with Crippen LogP contribution in [0, 0.1) is 12.8 Å². The molecule has 154 valence electrons. The Morgan fingerprint density at radius 1 is 1.03 bits per heavy atom. The third kappa shape index (κ3) is 5.08. The van der Waals surface area contributed by atoms with Crippen molar-refractivity contribution < 1.29 is 19.1 Å². The van der Waals surface area contributed by atoms with Gasteiger partial charge in [0.2, 0.25) is 5.91 Å². The van der Waals surface area contributed by atoms with Crippen molar-refractivity contribution in [1.82, 2.24) is 10.2 Å². The molecule has 0 saturated carbocycles. The maximum Gasteiger partial charge on any atom is 0.253 e. The average Bonchev–Trinajstić information content (AvgIpc) is 2.76. The first kappa shape index (κ1) is 20.7. The smallest absolute Gasteiger partial charge is 0.253 e. The first-order valence-corrected chi connectivity index (χ1v) is 9.86. The number of carbonyl (C=O) groups excluding carboxylic acids is 2. The maximum atomic E-state index is 12.7. The van der Waals surface area contributed by atoms with E-state index in [1.54, 1.807) is 14.2 Å². The van der Waals surface area contributed by atoms with E-state index in [9.17, 15) is 9.59 Å². The number of methoxy groups -OCH3 is 2. The highest BCUT2D eigenvalue weighted by molar-refractivity contribution is 5.94. The molecule has 1 heterocycles. The van der Waals surface area contributed by atoms with Gasteiger partial charge in [-0.25, -0.2) is 0 Å². The second-order valence-corrected chi connectivity index (χ2v) is 7.34. The largest absolute Gasteiger partial charge is 0.493 e. The van der Waals surface area contributed by atoms with Crippen LogP contribution < -0.4 is 14.8 Å². The number of amides is 2. The summed E-state index contributed by atoms with van der Waals surface area (Å²) in [6.07, 6.45) is 1.35. The number of ether oxygens (including phenoxy) is 2. The molecular weight excluding hydrogens is 368 g/mol. The van der Waals surface area contributed by atoms with Crippen molar-refractivity contribution in [3.8, 4) is 11.5 Å². The first-order valence-electron chi connectivity index (χ1n) is 9.86. The summed E-state index contributed by atoms with van der Waals surface area (Å²) in [5, 5.41) is 3.00. The van der Waals surface area contributed by atoms with Crippen LogP contribution >= 0.6 is 0 Å². The van der Waals surface area contributed by atoms with Gasteiger partial charge < -0.3 is 19.7 Å². The summed E-state index contributed by atoms with van der Waals surface area (Å²) in [4.78, 5) is 27.1. The van der Waals surface area contributed by atoms with Gasteiger partial charge in [-0.1, -0.05) is 23.8 Å². The molecule has 1 saturated heterocycles. The molecule has 3 rings (SSSR count). The number of carbonyl (C=O) groups is 2. The molecule has 1 aliphatic heterocycles. The Balaban J connectivity index is 1.50. The van der Waals surface area contributed by atoms with Gasteiger partial charge in [0.1, 0.15) is 0 Å². The lowest BCUT2D eigenvalue weighted by molar-refractivity contribution is -0.126. The zero-order valence-corrected chi connectivity index (χ0v) is 17.2. The van der Waals surface area contributed by atoms with Crippen LogP contribution in [0.3, 0.4) is 0 Å². The van der Waals surface area contributed by atoms with E-state index >= 15 is 0 Å². The fourth-order valence-electron chi connectivity index (χ4n) is 3.63. The van der Waals surface area contributed by atoms with Crippen molar-refractivity contribution in [3.05, 3.63) is 59.2 Å². The quantitative estimate of drug-likeness (QED) is 0.814. The Morgan fingerprint density at radius 3 is 2.41 bits per heavy atom. The van der Waals surface area contributed by atoms with E-state index in [4.69, 9.17) is 9.47 Å². The Morgan fingerprint density at radius 2 is 1.76 bits per heavy atom. The Kier molecular flexibility index (Phi) is 6.75. The van der Waals surface area contributed by atoms with Crippen LogP contribution in [-0.4, -0.2) is 44.0 Å². The molecule has 2 aromatic rings. The summed E-state index contributed by atoms with van der Waals surface area (Å²) < 4.78 is 10.5. The van der Waals surface area contributed by atoms with Gasteiger partial charge in [-0.2, -0.15) is 0 Å². The SMILES string of the molecule is COc1ccc(CNC(=O)C2CCN(C(=O)c3cccc(C)c3)CC2)cc1OC. The van der Waals surface area contributed by atoms with Crippen LogP contribution in [0.4, 0.5) is 0 Å². The van der Waals surface area contributed by atoms with Crippen molar-refractivity contribution in [2.75, 3.05) is 27.3 Å². The molecule has 1 aliphatic rings. The average molecular weight is 396 g/mol. The normalized spacial score (nSPS) is 14.4. The Hall–Kier alpha value is -3.02. The predicted octanol–water partition coefficient (Wildman–Crippen LogP) is 3.18. The molecule has 2 aromatic carbocycles. The third-order valence-corrected chi connectivity index (χ3v) is 5.33. The number of aryl methyl sites for hydroxylation is 1. The molecule has 1 fully saturated rings. The van der Waals surface area contributed by atoms with Gasteiger partial charge in [-0.3, -0.25) is 9.59 Å². The molecule has 0 aromatic heterocycles. The molecule has 0 radical (unpaired) electrons. The number of nitrogens with zero attached hydrogens (tertiary/aromatic N) is 1. The summed E-state index contributed by atoms with van der Waals surface area (Å²) in [6.45, 7) is 3.61. The van der Waals surface area contributed by atoms with E-state index in [-0.39, 0.29) is 17.7 Å². The number of benzene rings is 2. The minimum absolute atomic E-state index is 0.0300. The minimum atomic E-state index is -0.0725. The van der Waals surface area contributed by atoms with E-state index < -0.39 is 0 Å². The summed E-state index contributed by atoms with van der Waals surface area (Å²) in [7, 11) is 3.18. The monoisotopic (exact) mass is 396 g/mol. The molecule has 0 atom stereocenters. The lowest BCUT2D eigenvalue weighted by Crippen LogP contribution is -2.42. The summed E-state index contributed by atoms with van der Waals surface area (Å²) in [5.41, 5.74) is 2.73. The number of rotatable bonds is 6. The van der Waals surface area contributed by atoms with Crippen LogP contribution in [0.5, 0.6) is 11.5 Å². The molecule has 1 N–H and O–H groups in total. The van der Waals surface area contributed by atoms with Gasteiger partial charge in [-0.05, 0) is 49.6 Å². The van der Waals surface area contributed by atoms with Gasteiger partial charge in [0, 0.05) is 31.1 Å². The van der Waals surface area contributed by atoms with E-state index in [0.29, 0.717) is 49.5 Å². The molecule has 0 unspecified atom stereocenters. The standard InChI is InChI=1S/C23H28N2O4/c1-16-5-4-6-19(13-16)23(27)25-11-9-18(10-12-25)22(26)24-15-17-7-8-20(28-2)21(14-17)29-3/h4-8,13-14,18H,9-12,15H2,1-3H3,(H,24,26). The maximum absolute atomic E-state index is 12.7. The highest BCUT2D eigenvalue weighted by Crippen LogP contribution is 2.27. The Bertz CT molecular complexity index is 873. The molecule has 2 amide bonds. The van der Waals surface area contributed by atoms with Crippen molar-refractivity contribution >= 4 is 11.8 Å². The van der Waals surface area contributed by atoms with Gasteiger partial charge >= 0.3 is 0 Å². The first-order chi connectivity index (χ1) is 14.0. The van der Waals surface area contributed by atoms with E-state index in [1.165, 1.54) is 0 Å². The third-order valence-electron chi connectivity index (χ3n) is 5.33. The number of piperidine rings is 1. The van der Waals surface area contributed by atoms with Crippen molar-refractivity contribution in [3.63, 3.8) is 0 Å². The number of hydrogen-bond acceptors (Lipinski definition) is 4. The van der Waals surface area contributed by atoms with E-state index in [1.807, 2.05) is 54.3 Å². The summed E-state index contributed by atoms with van der Waals surface area (Å²) in [5.74, 6) is 1.30. The topological polar surface area (TPSA) is 67.9 Å². The lowest BCUT2D eigenvalue weighted by Gasteiger charge is -2.31. The van der Waals surface area contributed by atoms with Gasteiger partial charge in [-0.15, -0.1) is 0 Å². The molecule has 0 bridgehead atoms. The van der Waals surface area contributed by atoms with Crippen LogP contribution in [0.15, 0.2) is 42.5 Å². The van der Waals surface area contributed by atoms with E-state index in [0.717, 1.165) is 11.1 Å². The molecule has 6 nitrogen and oxygen atoms in total. The molecule has 29 heavy (non-hydrogen) atoms. The number of nitrogens with one attached hydrogen (secondary N) is 1. The highest BCUT2D eigenvalue weighted by atomic mass is 16.5. The van der Waals surface area contributed by atoms with Gasteiger partial charge in [0.05, 0.1) is 14.2 Å². The summed E-state index contributed by atoms with van der Waals surface area (Å²) >= 11 is 0. The second-order valence-electron chi connectivity index (χ2n) is 7.34. The minimum Gasteiger partial charge on any atom is -0.493 e. The van der Waals surface area contributed by atoms with Crippen molar-refractivity contribution in [1.29, 1.82) is 0 Å². The molecule has 0 spiro atoms. The predicted molar refractivity (Wildman–Crippen MR) is 111 cm³/mol. The van der Waals surface area contributed by atoms with Gasteiger partial charge in [0.25, 0.3) is 5.91 Å². The fourth-order valence-corrected chi connectivity index (χ4v) is 3.63. The number of likely N-dealkylation sites (tertiary alicyclic amines) is 1. The van der Waals surface area contributed by atoms with E-state index in [2.05, 4.69) is 5.32 Å². The second kappa shape index (κ2) is 9.45. The molecule has 0 aliphatic carbocycles. The van der Waals surface area contributed by atoms with Crippen molar-refractivity contribution in [2.45, 2.75) is 26.3 Å². The molecular formula is C23H28N2O4. The van der Waals surface area contributed by atoms with Crippen LogP contribution in [0.2, 0.25) is 0 Å². The fraction of sp³-hybridized carbons (Fsp3) is 0.391. The zero-order valence-electron chi connectivity index (χ0n) is 17.2. The number of hydrogen-bond donors (Lipinski definition) is 1. The van der Waals surface area contributed by atoms with Crippen molar-refractivity contribution in [2.24, 2.45) is 5.92 Å². The zero-order chi connectivity index (χ0) is 20.8. The Labute approximate surface area is 171 Å². The lowest BCUT2D eigenvalue weighted by atomic mass is 9.95. The summed E-state index contributed by atoms with van der Waals surface area (Å²) in [6, 6.07) is 13.2. The molecule has 6 heteroatoms. The van der Waals surface area contributed by atoms with Crippen LogP contribution in [0.1, 0.15) is 34.3 Å².